The Morgan fingerprint density at radius 2 is 1.56 bits per heavy atom. The highest BCUT2D eigenvalue weighted by Crippen LogP contribution is 2.21. The van der Waals surface area contributed by atoms with Crippen LogP contribution < -0.4 is 5.32 Å². The predicted octanol–water partition coefficient (Wildman–Crippen LogP) is 2.98. The van der Waals surface area contributed by atoms with Gasteiger partial charge in [-0.15, -0.1) is 0 Å². The molecule has 1 nitrogen and oxygen atoms in total. The number of nitrogens with one attached hydrogen (secondary N) is 1. The van der Waals surface area contributed by atoms with E-state index in [0.717, 1.165) is 25.3 Å². The standard InChI is InChI=1S/C14H23NS/c1-10-9-11(2)13(4)14(12(10)3)5-6-15-7-8-16/h9,15-16H,5-8H2,1-4H3. The van der Waals surface area contributed by atoms with E-state index in [2.05, 4.69) is 51.7 Å². The summed E-state index contributed by atoms with van der Waals surface area (Å²) in [4.78, 5) is 0. The van der Waals surface area contributed by atoms with Crippen molar-refractivity contribution in [3.8, 4) is 0 Å². The molecule has 0 heterocycles. The fraction of sp³-hybridized carbons (Fsp3) is 0.571. The molecule has 0 amide bonds. The van der Waals surface area contributed by atoms with E-state index >= 15 is 0 Å². The minimum Gasteiger partial charge on any atom is -0.316 e. The van der Waals surface area contributed by atoms with Gasteiger partial charge in [-0.3, -0.25) is 0 Å². The minimum absolute atomic E-state index is 0.908. The molecule has 0 aliphatic heterocycles. The Morgan fingerprint density at radius 1 is 1.00 bits per heavy atom. The summed E-state index contributed by atoms with van der Waals surface area (Å²) < 4.78 is 0. The van der Waals surface area contributed by atoms with Crippen molar-refractivity contribution in [2.75, 3.05) is 18.8 Å². The molecule has 0 aliphatic rings. The number of rotatable bonds is 5. The third kappa shape index (κ3) is 3.26. The zero-order chi connectivity index (χ0) is 12.1. The van der Waals surface area contributed by atoms with Gasteiger partial charge < -0.3 is 5.32 Å². The van der Waals surface area contributed by atoms with E-state index in [1.54, 1.807) is 0 Å². The Balaban J connectivity index is 2.78. The number of hydrogen-bond donors (Lipinski definition) is 2. The van der Waals surface area contributed by atoms with Gasteiger partial charge >= 0.3 is 0 Å². The molecule has 1 aromatic carbocycles. The van der Waals surface area contributed by atoms with Crippen molar-refractivity contribution < 1.29 is 0 Å². The van der Waals surface area contributed by atoms with Crippen LogP contribution in [0.3, 0.4) is 0 Å². The van der Waals surface area contributed by atoms with Crippen molar-refractivity contribution in [2.24, 2.45) is 0 Å². The Kier molecular flexibility index (Phi) is 5.36. The summed E-state index contributed by atoms with van der Waals surface area (Å²) in [6, 6.07) is 2.29. The molecule has 1 rings (SSSR count). The van der Waals surface area contributed by atoms with Gasteiger partial charge in [0.15, 0.2) is 0 Å². The molecule has 0 unspecified atom stereocenters. The van der Waals surface area contributed by atoms with Crippen LogP contribution in [0.1, 0.15) is 27.8 Å². The zero-order valence-electron chi connectivity index (χ0n) is 10.9. The first-order chi connectivity index (χ1) is 7.57. The van der Waals surface area contributed by atoms with Crippen molar-refractivity contribution in [1.82, 2.24) is 5.32 Å². The Labute approximate surface area is 105 Å². The fourth-order valence-corrected chi connectivity index (χ4v) is 2.25. The first-order valence-corrected chi connectivity index (χ1v) is 6.59. The van der Waals surface area contributed by atoms with Crippen molar-refractivity contribution >= 4 is 12.6 Å². The molecule has 0 spiro atoms. The summed E-state index contributed by atoms with van der Waals surface area (Å²) in [6.45, 7) is 10.9. The summed E-state index contributed by atoms with van der Waals surface area (Å²) in [5, 5.41) is 3.40. The summed E-state index contributed by atoms with van der Waals surface area (Å²) in [7, 11) is 0. The van der Waals surface area contributed by atoms with Gasteiger partial charge in [-0.05, 0) is 68.5 Å². The second kappa shape index (κ2) is 6.31. The maximum Gasteiger partial charge on any atom is 0.00398 e. The van der Waals surface area contributed by atoms with E-state index in [0.29, 0.717) is 0 Å². The highest BCUT2D eigenvalue weighted by molar-refractivity contribution is 7.80. The molecule has 0 atom stereocenters. The molecule has 2 heteroatoms. The van der Waals surface area contributed by atoms with E-state index < -0.39 is 0 Å². The van der Waals surface area contributed by atoms with Crippen LogP contribution in [-0.2, 0) is 6.42 Å². The first-order valence-electron chi connectivity index (χ1n) is 5.95. The summed E-state index contributed by atoms with van der Waals surface area (Å²) in [5.74, 6) is 0.908. The van der Waals surface area contributed by atoms with E-state index in [9.17, 15) is 0 Å². The molecule has 0 saturated carbocycles. The van der Waals surface area contributed by atoms with E-state index in [1.165, 1.54) is 27.8 Å². The number of aryl methyl sites for hydroxylation is 2. The van der Waals surface area contributed by atoms with Crippen LogP contribution in [0.5, 0.6) is 0 Å². The van der Waals surface area contributed by atoms with Gasteiger partial charge in [-0.1, -0.05) is 6.07 Å². The highest BCUT2D eigenvalue weighted by Gasteiger charge is 2.07. The van der Waals surface area contributed by atoms with Crippen molar-refractivity contribution in [1.29, 1.82) is 0 Å². The number of benzene rings is 1. The lowest BCUT2D eigenvalue weighted by Gasteiger charge is -2.15. The minimum atomic E-state index is 0.908. The van der Waals surface area contributed by atoms with Crippen LogP contribution in [-0.4, -0.2) is 18.8 Å². The third-order valence-corrected chi connectivity index (χ3v) is 3.59. The second-order valence-corrected chi connectivity index (χ2v) is 4.91. The van der Waals surface area contributed by atoms with Gasteiger partial charge in [-0.25, -0.2) is 0 Å². The maximum atomic E-state index is 4.19. The van der Waals surface area contributed by atoms with E-state index in [1.807, 2.05) is 0 Å². The van der Waals surface area contributed by atoms with Gasteiger partial charge in [0, 0.05) is 12.3 Å². The van der Waals surface area contributed by atoms with Gasteiger partial charge in [0.05, 0.1) is 0 Å². The topological polar surface area (TPSA) is 12.0 Å². The zero-order valence-corrected chi connectivity index (χ0v) is 11.7. The largest absolute Gasteiger partial charge is 0.316 e. The number of thiol groups is 1. The highest BCUT2D eigenvalue weighted by atomic mass is 32.1. The summed E-state index contributed by atoms with van der Waals surface area (Å²) in [5.41, 5.74) is 7.25. The molecule has 0 aromatic heterocycles. The molecular formula is C14H23NS. The summed E-state index contributed by atoms with van der Waals surface area (Å²) >= 11 is 4.19. The lowest BCUT2D eigenvalue weighted by molar-refractivity contribution is 0.717. The second-order valence-electron chi connectivity index (χ2n) is 4.46. The van der Waals surface area contributed by atoms with Crippen LogP contribution in [0.2, 0.25) is 0 Å². The van der Waals surface area contributed by atoms with Crippen LogP contribution >= 0.6 is 12.6 Å². The van der Waals surface area contributed by atoms with Crippen LogP contribution in [0, 0.1) is 27.7 Å². The predicted molar refractivity (Wildman–Crippen MR) is 75.8 cm³/mol. The Bertz CT molecular complexity index is 332. The van der Waals surface area contributed by atoms with E-state index in [4.69, 9.17) is 0 Å². The van der Waals surface area contributed by atoms with Crippen LogP contribution in [0.15, 0.2) is 6.07 Å². The average Bonchev–Trinajstić information content (AvgIpc) is 2.25. The van der Waals surface area contributed by atoms with Gasteiger partial charge in [0.25, 0.3) is 0 Å². The summed E-state index contributed by atoms with van der Waals surface area (Å²) in [6.07, 6.45) is 1.12. The first kappa shape index (κ1) is 13.6. The SMILES string of the molecule is Cc1cc(C)c(C)c(CCNCCS)c1C. The molecule has 0 bridgehead atoms. The number of hydrogen-bond acceptors (Lipinski definition) is 2. The molecule has 90 valence electrons. The van der Waals surface area contributed by atoms with Gasteiger partial charge in [-0.2, -0.15) is 12.6 Å². The maximum absolute atomic E-state index is 4.19. The molecule has 0 fully saturated rings. The van der Waals surface area contributed by atoms with Crippen LogP contribution in [0.25, 0.3) is 0 Å². The van der Waals surface area contributed by atoms with Crippen molar-refractivity contribution in [2.45, 2.75) is 34.1 Å². The Morgan fingerprint density at radius 3 is 2.06 bits per heavy atom. The fourth-order valence-electron chi connectivity index (χ4n) is 2.09. The lowest BCUT2D eigenvalue weighted by Crippen LogP contribution is -2.20. The lowest BCUT2D eigenvalue weighted by atomic mass is 9.92. The third-order valence-electron chi connectivity index (χ3n) is 3.36. The van der Waals surface area contributed by atoms with Gasteiger partial charge in [0.2, 0.25) is 0 Å². The normalized spacial score (nSPS) is 10.8. The molecule has 0 radical (unpaired) electrons. The molecule has 1 aromatic rings. The van der Waals surface area contributed by atoms with Crippen molar-refractivity contribution in [3.63, 3.8) is 0 Å². The molecule has 0 aliphatic carbocycles. The monoisotopic (exact) mass is 237 g/mol. The molecule has 1 N–H and O–H groups in total. The van der Waals surface area contributed by atoms with E-state index in [-0.39, 0.29) is 0 Å². The average molecular weight is 237 g/mol. The molecule has 0 saturated heterocycles. The molecular weight excluding hydrogens is 214 g/mol. The quantitative estimate of drug-likeness (QED) is 0.592. The Hall–Kier alpha value is -0.470. The van der Waals surface area contributed by atoms with Gasteiger partial charge in [0.1, 0.15) is 0 Å². The van der Waals surface area contributed by atoms with Crippen LogP contribution in [0.4, 0.5) is 0 Å². The smallest absolute Gasteiger partial charge is 0.00398 e. The molecule has 16 heavy (non-hydrogen) atoms. The van der Waals surface area contributed by atoms with Crippen molar-refractivity contribution in [3.05, 3.63) is 33.9 Å².